The Kier molecular flexibility index (Phi) is 10.2. The Hall–Kier alpha value is -3.33. The van der Waals surface area contributed by atoms with Crippen molar-refractivity contribution in [1.29, 1.82) is 0 Å². The van der Waals surface area contributed by atoms with Crippen molar-refractivity contribution in [3.63, 3.8) is 0 Å². The zero-order valence-corrected chi connectivity index (χ0v) is 24.5. The van der Waals surface area contributed by atoms with Crippen molar-refractivity contribution in [2.24, 2.45) is 11.7 Å². The molecule has 1 atom stereocenters. The van der Waals surface area contributed by atoms with E-state index in [1.165, 1.54) is 12.1 Å². The molecule has 0 radical (unpaired) electrons. The number of rotatable bonds is 10. The minimum atomic E-state index is -0.511. The van der Waals surface area contributed by atoms with E-state index >= 15 is 0 Å². The van der Waals surface area contributed by atoms with Crippen molar-refractivity contribution in [2.45, 2.75) is 38.8 Å². The molecule has 0 spiro atoms. The molecule has 0 bridgehead atoms. The molecule has 0 aromatic heterocycles. The molecule has 0 unspecified atom stereocenters. The highest BCUT2D eigenvalue weighted by Gasteiger charge is 2.33. The Morgan fingerprint density at radius 3 is 2.38 bits per heavy atom. The summed E-state index contributed by atoms with van der Waals surface area (Å²) in [5.74, 6) is 0.266. The second-order valence-corrected chi connectivity index (χ2v) is 11.4. The smallest absolute Gasteiger partial charge is 0.239 e. The number of nitrogens with zero attached hydrogens (tertiary/aromatic N) is 3. The van der Waals surface area contributed by atoms with Gasteiger partial charge in [-0.05, 0) is 86.1 Å². The Morgan fingerprint density at radius 2 is 1.67 bits per heavy atom. The van der Waals surface area contributed by atoms with E-state index in [2.05, 4.69) is 21.9 Å². The van der Waals surface area contributed by atoms with Gasteiger partial charge in [-0.1, -0.05) is 42.5 Å². The topological polar surface area (TPSA) is 62.0 Å². The molecule has 1 amide bonds. The van der Waals surface area contributed by atoms with Gasteiger partial charge in [0.15, 0.2) is 0 Å². The lowest BCUT2D eigenvalue weighted by molar-refractivity contribution is -0.136. The van der Waals surface area contributed by atoms with Crippen LogP contribution in [0.15, 0.2) is 66.7 Å². The quantitative estimate of drug-likeness (QED) is 0.370. The van der Waals surface area contributed by atoms with Gasteiger partial charge in [-0.25, -0.2) is 8.78 Å². The van der Waals surface area contributed by atoms with Crippen LogP contribution in [0.1, 0.15) is 30.9 Å². The lowest BCUT2D eigenvalue weighted by Gasteiger charge is -2.39. The van der Waals surface area contributed by atoms with Gasteiger partial charge in [0.2, 0.25) is 5.91 Å². The Morgan fingerprint density at radius 1 is 0.929 bits per heavy atom. The van der Waals surface area contributed by atoms with Crippen LogP contribution in [0.3, 0.4) is 0 Å². The number of piperazine rings is 1. The number of likely N-dealkylation sites (tertiary alicyclic amines) is 1. The van der Waals surface area contributed by atoms with E-state index in [-0.39, 0.29) is 23.5 Å². The molecule has 5 rings (SSSR count). The monoisotopic (exact) mass is 576 g/mol. The largest absolute Gasteiger partial charge is 0.493 e. The Labute approximate surface area is 248 Å². The van der Waals surface area contributed by atoms with E-state index in [0.717, 1.165) is 55.6 Å². The molecular weight excluding hydrogens is 534 g/mol. The predicted molar refractivity (Wildman–Crippen MR) is 162 cm³/mol. The number of ether oxygens (including phenoxy) is 1. The SMILES string of the molecule is CCOc1cccc(F)c1CN1CCN(C(=O)[C@H](N)C2CCN(CCc3cc(F)ccc3-c3ccccc3)CC2)CC1. The first-order valence-corrected chi connectivity index (χ1v) is 15.2. The minimum Gasteiger partial charge on any atom is -0.493 e. The second kappa shape index (κ2) is 14.2. The summed E-state index contributed by atoms with van der Waals surface area (Å²) in [5, 5.41) is 0. The van der Waals surface area contributed by atoms with Crippen molar-refractivity contribution in [2.75, 3.05) is 52.4 Å². The first-order chi connectivity index (χ1) is 20.4. The standard InChI is InChI=1S/C34H42F2N4O2/c1-2-42-32-10-6-9-31(36)30(32)24-39-19-21-40(22-20-39)34(41)33(37)26-13-16-38(17-14-26)18-15-27-23-28(35)11-12-29(27)25-7-4-3-5-8-25/h3-12,23,26,33H,2,13-22,24,37H2,1H3/t33-/m1/s1. The predicted octanol–water partition coefficient (Wildman–Crippen LogP) is 4.96. The third-order valence-corrected chi connectivity index (χ3v) is 8.72. The summed E-state index contributed by atoms with van der Waals surface area (Å²) in [6.07, 6.45) is 2.50. The van der Waals surface area contributed by atoms with Gasteiger partial charge < -0.3 is 20.3 Å². The van der Waals surface area contributed by atoms with Crippen LogP contribution in [0.4, 0.5) is 8.78 Å². The van der Waals surface area contributed by atoms with Gasteiger partial charge in [-0.15, -0.1) is 0 Å². The van der Waals surface area contributed by atoms with Crippen LogP contribution in [0.25, 0.3) is 11.1 Å². The molecule has 2 aliphatic heterocycles. The maximum Gasteiger partial charge on any atom is 0.239 e. The summed E-state index contributed by atoms with van der Waals surface area (Å²) in [7, 11) is 0. The third kappa shape index (κ3) is 7.35. The van der Waals surface area contributed by atoms with Crippen LogP contribution in [0.2, 0.25) is 0 Å². The summed E-state index contributed by atoms with van der Waals surface area (Å²) in [5.41, 5.74) is 10.3. The van der Waals surface area contributed by atoms with E-state index in [1.807, 2.05) is 36.1 Å². The van der Waals surface area contributed by atoms with Gasteiger partial charge >= 0.3 is 0 Å². The summed E-state index contributed by atoms with van der Waals surface area (Å²) in [6.45, 7) is 7.93. The van der Waals surface area contributed by atoms with Gasteiger partial charge in [0.05, 0.1) is 12.6 Å². The zero-order valence-electron chi connectivity index (χ0n) is 24.5. The molecule has 3 aromatic carbocycles. The molecule has 0 aliphatic carbocycles. The van der Waals surface area contributed by atoms with Crippen molar-refractivity contribution in [3.8, 4) is 16.9 Å². The highest BCUT2D eigenvalue weighted by atomic mass is 19.1. The summed E-state index contributed by atoms with van der Waals surface area (Å²) in [6, 6.07) is 19.6. The molecule has 224 valence electrons. The van der Waals surface area contributed by atoms with Crippen LogP contribution >= 0.6 is 0 Å². The van der Waals surface area contributed by atoms with E-state index in [4.69, 9.17) is 10.5 Å². The lowest BCUT2D eigenvalue weighted by Crippen LogP contribution is -2.55. The molecule has 8 heteroatoms. The fraction of sp³-hybridized carbons (Fsp3) is 0.441. The number of amides is 1. The van der Waals surface area contributed by atoms with Crippen molar-refractivity contribution >= 4 is 5.91 Å². The van der Waals surface area contributed by atoms with Crippen LogP contribution in [0, 0.1) is 17.6 Å². The number of nitrogens with two attached hydrogens (primary N) is 1. The van der Waals surface area contributed by atoms with E-state index in [9.17, 15) is 13.6 Å². The lowest BCUT2D eigenvalue weighted by atomic mass is 9.88. The van der Waals surface area contributed by atoms with Crippen LogP contribution in [0.5, 0.6) is 5.75 Å². The average Bonchev–Trinajstić information content (AvgIpc) is 3.02. The van der Waals surface area contributed by atoms with Gasteiger partial charge in [-0.3, -0.25) is 9.69 Å². The molecule has 2 heterocycles. The molecular formula is C34H42F2N4O2. The first kappa shape index (κ1) is 30.1. The zero-order chi connectivity index (χ0) is 29.5. The number of benzene rings is 3. The van der Waals surface area contributed by atoms with Gasteiger partial charge in [-0.2, -0.15) is 0 Å². The molecule has 2 fully saturated rings. The Balaban J connectivity index is 1.08. The van der Waals surface area contributed by atoms with Crippen molar-refractivity contribution < 1.29 is 18.3 Å². The first-order valence-electron chi connectivity index (χ1n) is 15.2. The highest BCUT2D eigenvalue weighted by Crippen LogP contribution is 2.27. The van der Waals surface area contributed by atoms with E-state index in [0.29, 0.717) is 50.6 Å². The number of halogens is 2. The van der Waals surface area contributed by atoms with Crippen LogP contribution < -0.4 is 10.5 Å². The van der Waals surface area contributed by atoms with Crippen LogP contribution in [-0.4, -0.2) is 79.1 Å². The minimum absolute atomic E-state index is 0.0151. The molecule has 2 saturated heterocycles. The molecule has 42 heavy (non-hydrogen) atoms. The maximum atomic E-state index is 14.5. The summed E-state index contributed by atoms with van der Waals surface area (Å²) < 4.78 is 34.2. The third-order valence-electron chi connectivity index (χ3n) is 8.72. The average molecular weight is 577 g/mol. The summed E-state index contributed by atoms with van der Waals surface area (Å²) in [4.78, 5) is 19.7. The highest BCUT2D eigenvalue weighted by molar-refractivity contribution is 5.82. The van der Waals surface area contributed by atoms with Crippen LogP contribution in [-0.2, 0) is 17.8 Å². The molecule has 2 N–H and O–H groups in total. The van der Waals surface area contributed by atoms with Crippen molar-refractivity contribution in [1.82, 2.24) is 14.7 Å². The number of hydrogen-bond donors (Lipinski definition) is 1. The normalized spacial score (nSPS) is 17.8. The summed E-state index contributed by atoms with van der Waals surface area (Å²) >= 11 is 0. The fourth-order valence-corrected chi connectivity index (χ4v) is 6.23. The molecule has 2 aliphatic rings. The number of carbonyl (C=O) groups excluding carboxylic acids is 1. The fourth-order valence-electron chi connectivity index (χ4n) is 6.23. The molecule has 0 saturated carbocycles. The second-order valence-electron chi connectivity index (χ2n) is 11.4. The Bertz CT molecular complexity index is 1320. The molecule has 3 aromatic rings. The van der Waals surface area contributed by atoms with E-state index < -0.39 is 6.04 Å². The van der Waals surface area contributed by atoms with Crippen molar-refractivity contribution in [3.05, 3.63) is 89.5 Å². The molecule has 6 nitrogen and oxygen atoms in total. The number of piperidine rings is 1. The van der Waals surface area contributed by atoms with Gasteiger partial charge in [0.1, 0.15) is 17.4 Å². The van der Waals surface area contributed by atoms with Gasteiger partial charge in [0.25, 0.3) is 0 Å². The van der Waals surface area contributed by atoms with E-state index in [1.54, 1.807) is 18.2 Å². The number of hydrogen-bond acceptors (Lipinski definition) is 5. The number of carbonyl (C=O) groups is 1. The maximum absolute atomic E-state index is 14.5. The van der Waals surface area contributed by atoms with Gasteiger partial charge in [0, 0.05) is 44.8 Å².